The molecule has 2 aromatic rings. The van der Waals surface area contributed by atoms with Gasteiger partial charge in [0.15, 0.2) is 0 Å². The van der Waals surface area contributed by atoms with Gasteiger partial charge in [-0.15, -0.1) is 11.8 Å². The van der Waals surface area contributed by atoms with E-state index in [4.69, 9.17) is 10.5 Å². The van der Waals surface area contributed by atoms with Gasteiger partial charge in [0.05, 0.1) is 6.61 Å². The van der Waals surface area contributed by atoms with Crippen molar-refractivity contribution in [3.05, 3.63) is 48.2 Å². The van der Waals surface area contributed by atoms with Crippen LogP contribution in [0.25, 0.3) is 0 Å². The van der Waals surface area contributed by atoms with Crippen molar-refractivity contribution in [1.82, 2.24) is 4.98 Å². The van der Waals surface area contributed by atoms with Crippen LogP contribution in [0.5, 0.6) is 5.75 Å². The molecule has 0 spiro atoms. The highest BCUT2D eigenvalue weighted by molar-refractivity contribution is 7.99. The zero-order valence-electron chi connectivity index (χ0n) is 10.6. The first kappa shape index (κ1) is 12.4. The third-order valence-corrected chi connectivity index (χ3v) is 4.44. The van der Waals surface area contributed by atoms with Gasteiger partial charge in [-0.3, -0.25) is 0 Å². The molecule has 19 heavy (non-hydrogen) atoms. The van der Waals surface area contributed by atoms with Gasteiger partial charge in [-0.25, -0.2) is 4.98 Å². The molecule has 1 atom stereocenters. The molecule has 98 valence electrons. The number of nitrogens with zero attached hydrogens (tertiary/aromatic N) is 1. The molecule has 3 nitrogen and oxygen atoms in total. The molecule has 1 aliphatic rings. The number of anilines is 1. The van der Waals surface area contributed by atoms with Crippen LogP contribution in [-0.2, 0) is 0 Å². The fourth-order valence-corrected chi connectivity index (χ4v) is 3.29. The van der Waals surface area contributed by atoms with Gasteiger partial charge in [0, 0.05) is 22.8 Å². The molecule has 1 aliphatic heterocycles. The SMILES string of the molecule is Nc1ccc(SCC2CCOc3ccccc32)cn1. The van der Waals surface area contributed by atoms with Gasteiger partial charge in [-0.2, -0.15) is 0 Å². The molecule has 0 aliphatic carbocycles. The fraction of sp³-hybridized carbons (Fsp3) is 0.267. The summed E-state index contributed by atoms with van der Waals surface area (Å²) in [6, 6.07) is 12.2. The molecular formula is C15H16N2OS. The van der Waals surface area contributed by atoms with Crippen molar-refractivity contribution in [3.8, 4) is 5.75 Å². The molecule has 1 unspecified atom stereocenters. The Balaban J connectivity index is 1.69. The number of para-hydroxylation sites is 1. The van der Waals surface area contributed by atoms with Gasteiger partial charge in [0.2, 0.25) is 0 Å². The van der Waals surface area contributed by atoms with Crippen molar-refractivity contribution in [3.63, 3.8) is 0 Å². The maximum absolute atomic E-state index is 5.68. The number of hydrogen-bond acceptors (Lipinski definition) is 4. The summed E-state index contributed by atoms with van der Waals surface area (Å²) in [5.41, 5.74) is 6.92. The van der Waals surface area contributed by atoms with Crippen molar-refractivity contribution in [2.75, 3.05) is 18.1 Å². The summed E-state index contributed by atoms with van der Waals surface area (Å²) in [7, 11) is 0. The Morgan fingerprint density at radius 1 is 1.26 bits per heavy atom. The molecule has 1 aromatic carbocycles. The summed E-state index contributed by atoms with van der Waals surface area (Å²) in [5.74, 6) is 3.20. The predicted molar refractivity (Wildman–Crippen MR) is 78.7 cm³/mol. The molecule has 0 radical (unpaired) electrons. The second kappa shape index (κ2) is 5.53. The first-order chi connectivity index (χ1) is 9.33. The predicted octanol–water partition coefficient (Wildman–Crippen LogP) is 3.32. The van der Waals surface area contributed by atoms with E-state index in [1.165, 1.54) is 5.56 Å². The molecule has 0 saturated carbocycles. The number of benzene rings is 1. The Hall–Kier alpha value is -1.68. The quantitative estimate of drug-likeness (QED) is 0.871. The smallest absolute Gasteiger partial charge is 0.123 e. The average molecular weight is 272 g/mol. The third-order valence-electron chi connectivity index (χ3n) is 3.29. The molecule has 2 heterocycles. The Kier molecular flexibility index (Phi) is 3.60. The Morgan fingerprint density at radius 2 is 2.16 bits per heavy atom. The van der Waals surface area contributed by atoms with Crippen LogP contribution in [0.4, 0.5) is 5.82 Å². The monoisotopic (exact) mass is 272 g/mol. The van der Waals surface area contributed by atoms with E-state index in [-0.39, 0.29) is 0 Å². The lowest BCUT2D eigenvalue weighted by Gasteiger charge is -2.25. The summed E-state index contributed by atoms with van der Waals surface area (Å²) >= 11 is 1.83. The maximum atomic E-state index is 5.68. The molecule has 4 heteroatoms. The number of pyridine rings is 1. The van der Waals surface area contributed by atoms with Crippen LogP contribution in [0.15, 0.2) is 47.5 Å². The van der Waals surface area contributed by atoms with E-state index in [2.05, 4.69) is 23.2 Å². The van der Waals surface area contributed by atoms with E-state index in [1.807, 2.05) is 36.2 Å². The number of ether oxygens (including phenoxy) is 1. The summed E-state index contributed by atoms with van der Waals surface area (Å²) in [4.78, 5) is 5.28. The molecule has 0 bridgehead atoms. The van der Waals surface area contributed by atoms with E-state index in [0.717, 1.165) is 29.4 Å². The van der Waals surface area contributed by atoms with E-state index in [1.54, 1.807) is 0 Å². The van der Waals surface area contributed by atoms with Crippen LogP contribution >= 0.6 is 11.8 Å². The zero-order valence-corrected chi connectivity index (χ0v) is 11.4. The lowest BCUT2D eigenvalue weighted by Crippen LogP contribution is -2.15. The van der Waals surface area contributed by atoms with E-state index >= 15 is 0 Å². The van der Waals surface area contributed by atoms with Crippen LogP contribution in [0.3, 0.4) is 0 Å². The Bertz CT molecular complexity index is 556. The van der Waals surface area contributed by atoms with E-state index in [0.29, 0.717) is 11.7 Å². The van der Waals surface area contributed by atoms with E-state index < -0.39 is 0 Å². The Morgan fingerprint density at radius 3 is 3.00 bits per heavy atom. The van der Waals surface area contributed by atoms with Crippen LogP contribution in [0.1, 0.15) is 17.9 Å². The summed E-state index contributed by atoms with van der Waals surface area (Å²) in [5, 5.41) is 0. The largest absolute Gasteiger partial charge is 0.493 e. The van der Waals surface area contributed by atoms with Crippen LogP contribution in [0, 0.1) is 0 Å². The average Bonchev–Trinajstić information content (AvgIpc) is 2.47. The first-order valence-corrected chi connectivity index (χ1v) is 7.37. The zero-order chi connectivity index (χ0) is 13.1. The minimum absolute atomic E-state index is 0.549. The number of fused-ring (bicyclic) bond motifs is 1. The summed E-state index contributed by atoms with van der Waals surface area (Å²) in [6.45, 7) is 0.808. The lowest BCUT2D eigenvalue weighted by molar-refractivity contribution is 0.273. The molecule has 0 saturated heterocycles. The highest BCUT2D eigenvalue weighted by atomic mass is 32.2. The highest BCUT2D eigenvalue weighted by Gasteiger charge is 2.20. The second-order valence-electron chi connectivity index (χ2n) is 4.60. The minimum Gasteiger partial charge on any atom is -0.493 e. The number of rotatable bonds is 3. The van der Waals surface area contributed by atoms with Gasteiger partial charge in [-0.05, 0) is 30.2 Å². The number of hydrogen-bond donors (Lipinski definition) is 1. The molecule has 2 N–H and O–H groups in total. The molecule has 0 amide bonds. The van der Waals surface area contributed by atoms with Crippen molar-refractivity contribution in [2.45, 2.75) is 17.2 Å². The first-order valence-electron chi connectivity index (χ1n) is 6.39. The fourth-order valence-electron chi connectivity index (χ4n) is 2.26. The third kappa shape index (κ3) is 2.84. The van der Waals surface area contributed by atoms with Crippen molar-refractivity contribution >= 4 is 17.6 Å². The number of nitrogen functional groups attached to an aromatic ring is 1. The van der Waals surface area contributed by atoms with Gasteiger partial charge < -0.3 is 10.5 Å². The van der Waals surface area contributed by atoms with Gasteiger partial charge in [0.25, 0.3) is 0 Å². The molecule has 3 rings (SSSR count). The molecular weight excluding hydrogens is 256 g/mol. The number of nitrogens with two attached hydrogens (primary N) is 1. The summed E-state index contributed by atoms with van der Waals surface area (Å²) in [6.07, 6.45) is 2.91. The van der Waals surface area contributed by atoms with E-state index in [9.17, 15) is 0 Å². The highest BCUT2D eigenvalue weighted by Crippen LogP contribution is 2.36. The van der Waals surface area contributed by atoms with Gasteiger partial charge >= 0.3 is 0 Å². The van der Waals surface area contributed by atoms with Crippen molar-refractivity contribution in [2.24, 2.45) is 0 Å². The topological polar surface area (TPSA) is 48.1 Å². The number of aromatic nitrogens is 1. The number of thioether (sulfide) groups is 1. The van der Waals surface area contributed by atoms with Gasteiger partial charge in [-0.1, -0.05) is 18.2 Å². The lowest BCUT2D eigenvalue weighted by atomic mass is 9.95. The standard InChI is InChI=1S/C15H16N2OS/c16-15-6-5-12(9-17-15)19-10-11-7-8-18-14-4-2-1-3-13(11)14/h1-6,9,11H,7-8,10H2,(H2,16,17). The normalized spacial score (nSPS) is 17.6. The Labute approximate surface area is 117 Å². The van der Waals surface area contributed by atoms with Crippen molar-refractivity contribution in [1.29, 1.82) is 0 Å². The van der Waals surface area contributed by atoms with Crippen LogP contribution < -0.4 is 10.5 Å². The van der Waals surface area contributed by atoms with Crippen molar-refractivity contribution < 1.29 is 4.74 Å². The minimum atomic E-state index is 0.549. The van der Waals surface area contributed by atoms with Crippen LogP contribution in [0.2, 0.25) is 0 Å². The molecule has 0 fully saturated rings. The van der Waals surface area contributed by atoms with Crippen LogP contribution in [-0.4, -0.2) is 17.3 Å². The van der Waals surface area contributed by atoms with Gasteiger partial charge in [0.1, 0.15) is 11.6 Å². The molecule has 1 aromatic heterocycles. The second-order valence-corrected chi connectivity index (χ2v) is 5.70. The summed E-state index contributed by atoms with van der Waals surface area (Å²) < 4.78 is 5.68. The maximum Gasteiger partial charge on any atom is 0.123 e.